The number of carbonyl (C=O) groups is 3. The fourth-order valence-corrected chi connectivity index (χ4v) is 2.46. The molecule has 0 heterocycles. The van der Waals surface area contributed by atoms with Crippen molar-refractivity contribution in [2.24, 2.45) is 0 Å². The fourth-order valence-electron chi connectivity index (χ4n) is 2.46. The Morgan fingerprint density at radius 1 is 1.21 bits per heavy atom. The first-order valence-electron chi connectivity index (χ1n) is 8.59. The first kappa shape index (κ1) is 23.8. The minimum absolute atomic E-state index is 0.0185. The zero-order chi connectivity index (χ0) is 22.0. The molecule has 0 aromatic heterocycles. The summed E-state index contributed by atoms with van der Waals surface area (Å²) in [6.45, 7) is 0.504. The highest BCUT2D eigenvalue weighted by atomic mass is 16.6. The van der Waals surface area contributed by atoms with Crippen molar-refractivity contribution in [2.75, 3.05) is 20.8 Å². The maximum absolute atomic E-state index is 11.9. The molecule has 0 amide bonds. The van der Waals surface area contributed by atoms with E-state index >= 15 is 0 Å². The molecular formula is C18H23NO10. The maximum Gasteiger partial charge on any atom is 0.347 e. The van der Waals surface area contributed by atoms with E-state index in [0.717, 1.165) is 7.11 Å². The summed E-state index contributed by atoms with van der Waals surface area (Å²) in [4.78, 5) is 45.2. The van der Waals surface area contributed by atoms with Crippen molar-refractivity contribution in [3.05, 3.63) is 33.4 Å². The number of nitro groups is 1. The molecule has 11 heteroatoms. The predicted molar refractivity (Wildman–Crippen MR) is 97.0 cm³/mol. The molecule has 0 saturated carbocycles. The van der Waals surface area contributed by atoms with Gasteiger partial charge in [-0.1, -0.05) is 0 Å². The van der Waals surface area contributed by atoms with Gasteiger partial charge < -0.3 is 24.1 Å². The van der Waals surface area contributed by atoms with E-state index in [-0.39, 0.29) is 37.1 Å². The highest BCUT2D eigenvalue weighted by molar-refractivity contribution is 5.79. The minimum atomic E-state index is -1.25. The van der Waals surface area contributed by atoms with Crippen LogP contribution >= 0.6 is 0 Å². The predicted octanol–water partition coefficient (Wildman–Crippen LogP) is 1.20. The summed E-state index contributed by atoms with van der Waals surface area (Å²) in [5.74, 6) is -2.11. The third kappa shape index (κ3) is 7.37. The van der Waals surface area contributed by atoms with E-state index in [4.69, 9.17) is 19.3 Å². The van der Waals surface area contributed by atoms with Gasteiger partial charge >= 0.3 is 17.9 Å². The number of carbonyl (C=O) groups excluding carboxylic acids is 3. The standard InChI is InChI=1S/C18H23NO10/c1-11-7-12(13(19(24)25)8-15(11)26-2)10-28-16(21)6-4-5-14(18(23)27-3)29-17(22)9-20/h7-8,14,20H,4-6,9-10H2,1-3H3. The summed E-state index contributed by atoms with van der Waals surface area (Å²) < 4.78 is 19.4. The molecule has 1 unspecified atom stereocenters. The van der Waals surface area contributed by atoms with Gasteiger partial charge in [0.1, 0.15) is 19.0 Å². The van der Waals surface area contributed by atoms with Crippen LogP contribution in [-0.4, -0.2) is 54.9 Å². The van der Waals surface area contributed by atoms with Crippen LogP contribution < -0.4 is 4.74 Å². The van der Waals surface area contributed by atoms with Crippen molar-refractivity contribution in [3.8, 4) is 5.75 Å². The zero-order valence-electron chi connectivity index (χ0n) is 16.3. The molecule has 0 fully saturated rings. The van der Waals surface area contributed by atoms with Gasteiger partial charge in [0.05, 0.1) is 30.8 Å². The van der Waals surface area contributed by atoms with Crippen molar-refractivity contribution in [1.29, 1.82) is 0 Å². The van der Waals surface area contributed by atoms with Gasteiger partial charge in [-0.2, -0.15) is 0 Å². The summed E-state index contributed by atoms with van der Waals surface area (Å²) in [7, 11) is 2.51. The number of hydrogen-bond donors (Lipinski definition) is 1. The second-order valence-corrected chi connectivity index (χ2v) is 5.92. The lowest BCUT2D eigenvalue weighted by molar-refractivity contribution is -0.385. The number of ether oxygens (including phenoxy) is 4. The number of aryl methyl sites for hydroxylation is 1. The summed E-state index contributed by atoms with van der Waals surface area (Å²) in [6, 6.07) is 2.76. The van der Waals surface area contributed by atoms with Crippen LogP contribution in [0.25, 0.3) is 0 Å². The van der Waals surface area contributed by atoms with E-state index in [2.05, 4.69) is 4.74 Å². The van der Waals surface area contributed by atoms with E-state index in [1.54, 1.807) is 6.92 Å². The van der Waals surface area contributed by atoms with Crippen molar-refractivity contribution >= 4 is 23.6 Å². The van der Waals surface area contributed by atoms with E-state index in [9.17, 15) is 24.5 Å². The number of aliphatic hydroxyl groups excluding tert-OH is 1. The number of aliphatic hydroxyl groups is 1. The lowest BCUT2D eigenvalue weighted by Gasteiger charge is -2.14. The smallest absolute Gasteiger partial charge is 0.347 e. The molecule has 0 aliphatic carbocycles. The Labute approximate surface area is 166 Å². The Balaban J connectivity index is 2.63. The summed E-state index contributed by atoms with van der Waals surface area (Å²) in [6.07, 6.45) is -1.26. The van der Waals surface area contributed by atoms with Gasteiger partial charge in [-0.15, -0.1) is 0 Å². The number of nitro benzene ring substituents is 1. The van der Waals surface area contributed by atoms with E-state index in [1.165, 1.54) is 19.2 Å². The first-order valence-corrected chi connectivity index (χ1v) is 8.59. The van der Waals surface area contributed by atoms with Crippen LogP contribution in [0, 0.1) is 17.0 Å². The molecule has 1 rings (SSSR count). The minimum Gasteiger partial charge on any atom is -0.496 e. The highest BCUT2D eigenvalue weighted by Gasteiger charge is 2.24. The number of methoxy groups -OCH3 is 2. The first-order chi connectivity index (χ1) is 13.7. The van der Waals surface area contributed by atoms with Crippen LogP contribution in [0.4, 0.5) is 5.69 Å². The monoisotopic (exact) mass is 413 g/mol. The molecule has 0 aliphatic rings. The molecule has 29 heavy (non-hydrogen) atoms. The molecule has 1 atom stereocenters. The Morgan fingerprint density at radius 2 is 1.90 bits per heavy atom. The average molecular weight is 413 g/mol. The summed E-state index contributed by atoms with van der Waals surface area (Å²) >= 11 is 0. The molecule has 0 aliphatic heterocycles. The molecule has 0 spiro atoms. The van der Waals surface area contributed by atoms with Crippen LogP contribution in [-0.2, 0) is 35.2 Å². The highest BCUT2D eigenvalue weighted by Crippen LogP contribution is 2.29. The Kier molecular flexibility index (Phi) is 9.52. The average Bonchev–Trinajstić information content (AvgIpc) is 2.70. The van der Waals surface area contributed by atoms with Crippen molar-refractivity contribution < 1.29 is 43.4 Å². The van der Waals surface area contributed by atoms with Gasteiger partial charge in [-0.25, -0.2) is 9.59 Å². The molecular weight excluding hydrogens is 390 g/mol. The number of hydrogen-bond acceptors (Lipinski definition) is 10. The lowest BCUT2D eigenvalue weighted by Crippen LogP contribution is -2.29. The van der Waals surface area contributed by atoms with Crippen LogP contribution in [0.1, 0.15) is 30.4 Å². The summed E-state index contributed by atoms with van der Waals surface area (Å²) in [5.41, 5.74) is 0.628. The fraction of sp³-hybridized carbons (Fsp3) is 0.500. The van der Waals surface area contributed by atoms with Crippen molar-refractivity contribution in [2.45, 2.75) is 38.9 Å². The van der Waals surface area contributed by atoms with Gasteiger partial charge in [-0.05, 0) is 31.4 Å². The number of rotatable bonds is 11. The molecule has 0 saturated heterocycles. The maximum atomic E-state index is 11.9. The largest absolute Gasteiger partial charge is 0.496 e. The number of benzene rings is 1. The molecule has 160 valence electrons. The van der Waals surface area contributed by atoms with E-state index in [0.29, 0.717) is 11.3 Å². The van der Waals surface area contributed by atoms with Crippen molar-refractivity contribution in [1.82, 2.24) is 0 Å². The topological polar surface area (TPSA) is 152 Å². The molecule has 0 bridgehead atoms. The van der Waals surface area contributed by atoms with Gasteiger partial charge in [0, 0.05) is 6.42 Å². The lowest BCUT2D eigenvalue weighted by atomic mass is 10.1. The van der Waals surface area contributed by atoms with Gasteiger partial charge in [0.15, 0.2) is 6.10 Å². The van der Waals surface area contributed by atoms with Crippen LogP contribution in [0.5, 0.6) is 5.75 Å². The van der Waals surface area contributed by atoms with E-state index in [1.807, 2.05) is 0 Å². The van der Waals surface area contributed by atoms with Crippen LogP contribution in [0.2, 0.25) is 0 Å². The number of esters is 3. The third-order valence-electron chi connectivity index (χ3n) is 3.90. The molecule has 1 aromatic carbocycles. The SMILES string of the molecule is COC(=O)C(CCCC(=O)OCc1cc(C)c(OC)cc1[N+](=O)[O-])OC(=O)CO. The normalized spacial score (nSPS) is 11.3. The van der Waals surface area contributed by atoms with Crippen molar-refractivity contribution in [3.63, 3.8) is 0 Å². The molecule has 1 aromatic rings. The van der Waals surface area contributed by atoms with Gasteiger partial charge in [-0.3, -0.25) is 14.9 Å². The molecule has 0 radical (unpaired) electrons. The second-order valence-electron chi connectivity index (χ2n) is 5.92. The van der Waals surface area contributed by atoms with Gasteiger partial charge in [0.2, 0.25) is 0 Å². The quantitative estimate of drug-likeness (QED) is 0.242. The Hall–Kier alpha value is -3.21. The second kappa shape index (κ2) is 11.6. The Morgan fingerprint density at radius 3 is 2.45 bits per heavy atom. The van der Waals surface area contributed by atoms with E-state index < -0.39 is 35.5 Å². The molecule has 11 nitrogen and oxygen atoms in total. The summed E-state index contributed by atoms with van der Waals surface area (Å²) in [5, 5.41) is 19.9. The number of nitrogens with zero attached hydrogens (tertiary/aromatic N) is 1. The van der Waals surface area contributed by atoms with Gasteiger partial charge in [0.25, 0.3) is 5.69 Å². The van der Waals surface area contributed by atoms with Crippen LogP contribution in [0.15, 0.2) is 12.1 Å². The Bertz CT molecular complexity index is 761. The molecule has 1 N–H and O–H groups in total. The zero-order valence-corrected chi connectivity index (χ0v) is 16.3. The third-order valence-corrected chi connectivity index (χ3v) is 3.90. The van der Waals surface area contributed by atoms with Crippen LogP contribution in [0.3, 0.4) is 0 Å².